The molecule has 0 spiro atoms. The molecule has 4 rings (SSSR count). The SMILES string of the molecule is O=C(Nc1ccc(Br)cc1)N1CCCC(CN2CCc3ccccc3C2)C1. The summed E-state index contributed by atoms with van der Waals surface area (Å²) in [5, 5.41) is 3.03. The van der Waals surface area contributed by atoms with Gasteiger partial charge in [-0.15, -0.1) is 0 Å². The van der Waals surface area contributed by atoms with Gasteiger partial charge >= 0.3 is 6.03 Å². The van der Waals surface area contributed by atoms with Crippen LogP contribution in [0.25, 0.3) is 0 Å². The summed E-state index contributed by atoms with van der Waals surface area (Å²) in [6.45, 7) is 4.94. The van der Waals surface area contributed by atoms with Crippen LogP contribution in [-0.2, 0) is 13.0 Å². The second kappa shape index (κ2) is 8.44. The monoisotopic (exact) mass is 427 g/mol. The molecule has 0 saturated carbocycles. The fraction of sp³-hybridized carbons (Fsp3) is 0.409. The van der Waals surface area contributed by atoms with E-state index in [1.807, 2.05) is 29.2 Å². The van der Waals surface area contributed by atoms with E-state index in [0.717, 1.165) is 55.7 Å². The summed E-state index contributed by atoms with van der Waals surface area (Å²) in [5.74, 6) is 0.555. The van der Waals surface area contributed by atoms with Crippen LogP contribution >= 0.6 is 15.9 Å². The summed E-state index contributed by atoms with van der Waals surface area (Å²) in [5.41, 5.74) is 3.80. The molecule has 5 heteroatoms. The van der Waals surface area contributed by atoms with Crippen molar-refractivity contribution in [3.05, 3.63) is 64.1 Å². The second-order valence-electron chi connectivity index (χ2n) is 7.65. The molecule has 1 saturated heterocycles. The van der Waals surface area contributed by atoms with Gasteiger partial charge in [-0.2, -0.15) is 0 Å². The first-order chi connectivity index (χ1) is 13.2. The van der Waals surface area contributed by atoms with Crippen molar-refractivity contribution in [2.24, 2.45) is 5.92 Å². The highest BCUT2D eigenvalue weighted by atomic mass is 79.9. The minimum Gasteiger partial charge on any atom is -0.324 e. The first-order valence-electron chi connectivity index (χ1n) is 9.78. The molecule has 1 atom stereocenters. The fourth-order valence-corrected chi connectivity index (χ4v) is 4.47. The summed E-state index contributed by atoms with van der Waals surface area (Å²) in [4.78, 5) is 17.2. The molecule has 1 fully saturated rings. The third kappa shape index (κ3) is 4.71. The van der Waals surface area contributed by atoms with Gasteiger partial charge < -0.3 is 10.2 Å². The Hall–Kier alpha value is -1.85. The van der Waals surface area contributed by atoms with Crippen LogP contribution in [0.2, 0.25) is 0 Å². The van der Waals surface area contributed by atoms with Crippen molar-refractivity contribution in [1.82, 2.24) is 9.80 Å². The number of urea groups is 1. The van der Waals surface area contributed by atoms with Crippen molar-refractivity contribution in [3.63, 3.8) is 0 Å². The highest BCUT2D eigenvalue weighted by molar-refractivity contribution is 9.10. The van der Waals surface area contributed by atoms with Crippen LogP contribution < -0.4 is 5.32 Å². The normalized spacial score (nSPS) is 20.2. The largest absolute Gasteiger partial charge is 0.324 e. The van der Waals surface area contributed by atoms with Crippen molar-refractivity contribution in [2.45, 2.75) is 25.8 Å². The van der Waals surface area contributed by atoms with Crippen molar-refractivity contribution >= 4 is 27.6 Å². The minimum atomic E-state index is 0.0195. The van der Waals surface area contributed by atoms with Gasteiger partial charge in [0.15, 0.2) is 0 Å². The predicted molar refractivity (Wildman–Crippen MR) is 113 cm³/mol. The van der Waals surface area contributed by atoms with Crippen molar-refractivity contribution in [2.75, 3.05) is 31.5 Å². The molecule has 2 aliphatic rings. The van der Waals surface area contributed by atoms with Crippen LogP contribution in [0.3, 0.4) is 0 Å². The molecule has 142 valence electrons. The van der Waals surface area contributed by atoms with E-state index in [-0.39, 0.29) is 6.03 Å². The maximum absolute atomic E-state index is 12.6. The molecule has 0 aromatic heterocycles. The predicted octanol–water partition coefficient (Wildman–Crippen LogP) is 4.75. The van der Waals surface area contributed by atoms with Gasteiger partial charge in [0, 0.05) is 42.9 Å². The number of halogens is 1. The quantitative estimate of drug-likeness (QED) is 0.766. The zero-order chi connectivity index (χ0) is 18.6. The Labute approximate surface area is 169 Å². The lowest BCUT2D eigenvalue weighted by molar-refractivity contribution is 0.140. The Morgan fingerprint density at radius 1 is 1.07 bits per heavy atom. The maximum Gasteiger partial charge on any atom is 0.321 e. The molecule has 27 heavy (non-hydrogen) atoms. The number of rotatable bonds is 3. The minimum absolute atomic E-state index is 0.0195. The number of nitrogens with one attached hydrogen (secondary N) is 1. The van der Waals surface area contributed by atoms with Gasteiger partial charge in [-0.1, -0.05) is 40.2 Å². The van der Waals surface area contributed by atoms with Crippen molar-refractivity contribution in [1.29, 1.82) is 0 Å². The number of hydrogen-bond acceptors (Lipinski definition) is 2. The number of amides is 2. The molecule has 0 bridgehead atoms. The smallest absolute Gasteiger partial charge is 0.321 e. The van der Waals surface area contributed by atoms with Gasteiger partial charge in [0.1, 0.15) is 0 Å². The van der Waals surface area contributed by atoms with Crippen LogP contribution in [0.15, 0.2) is 53.0 Å². The number of piperidine rings is 1. The summed E-state index contributed by atoms with van der Waals surface area (Å²) in [7, 11) is 0. The topological polar surface area (TPSA) is 35.6 Å². The average Bonchev–Trinajstić information content (AvgIpc) is 2.70. The average molecular weight is 428 g/mol. The molecular formula is C22H26BrN3O. The van der Waals surface area contributed by atoms with E-state index in [1.165, 1.54) is 17.5 Å². The molecule has 2 aromatic rings. The maximum atomic E-state index is 12.6. The van der Waals surface area contributed by atoms with E-state index in [0.29, 0.717) is 5.92 Å². The lowest BCUT2D eigenvalue weighted by Crippen LogP contribution is -2.46. The summed E-state index contributed by atoms with van der Waals surface area (Å²) in [6, 6.07) is 16.5. The van der Waals surface area contributed by atoms with Crippen molar-refractivity contribution in [3.8, 4) is 0 Å². The van der Waals surface area contributed by atoms with E-state index < -0.39 is 0 Å². The third-order valence-electron chi connectivity index (χ3n) is 5.63. The molecule has 0 aliphatic carbocycles. The number of nitrogens with zero attached hydrogens (tertiary/aromatic N) is 2. The van der Waals surface area contributed by atoms with Gasteiger partial charge in [0.25, 0.3) is 0 Å². The lowest BCUT2D eigenvalue weighted by Gasteiger charge is -2.37. The first kappa shape index (κ1) is 18.5. The number of hydrogen-bond donors (Lipinski definition) is 1. The Balaban J connectivity index is 1.31. The van der Waals surface area contributed by atoms with Crippen LogP contribution in [0.5, 0.6) is 0 Å². The number of benzene rings is 2. The number of fused-ring (bicyclic) bond motifs is 1. The van der Waals surface area contributed by atoms with E-state index in [4.69, 9.17) is 0 Å². The number of anilines is 1. The van der Waals surface area contributed by atoms with Gasteiger partial charge in [-0.3, -0.25) is 4.90 Å². The molecule has 2 heterocycles. The number of carbonyl (C=O) groups excluding carboxylic acids is 1. The molecular weight excluding hydrogens is 402 g/mol. The van der Waals surface area contributed by atoms with E-state index in [1.54, 1.807) is 0 Å². The molecule has 2 amide bonds. The molecule has 1 N–H and O–H groups in total. The number of carbonyl (C=O) groups is 1. The second-order valence-corrected chi connectivity index (χ2v) is 8.56. The van der Waals surface area contributed by atoms with Gasteiger partial charge in [-0.05, 0) is 60.6 Å². The van der Waals surface area contributed by atoms with Gasteiger partial charge in [-0.25, -0.2) is 4.79 Å². The zero-order valence-corrected chi connectivity index (χ0v) is 17.1. The summed E-state index contributed by atoms with van der Waals surface area (Å²) < 4.78 is 1.02. The summed E-state index contributed by atoms with van der Waals surface area (Å²) in [6.07, 6.45) is 3.43. The van der Waals surface area contributed by atoms with E-state index in [2.05, 4.69) is 50.4 Å². The first-order valence-corrected chi connectivity index (χ1v) is 10.6. The Morgan fingerprint density at radius 2 is 1.85 bits per heavy atom. The highest BCUT2D eigenvalue weighted by Gasteiger charge is 2.26. The van der Waals surface area contributed by atoms with Crippen molar-refractivity contribution < 1.29 is 4.79 Å². The third-order valence-corrected chi connectivity index (χ3v) is 6.16. The van der Waals surface area contributed by atoms with E-state index >= 15 is 0 Å². The molecule has 2 aliphatic heterocycles. The lowest BCUT2D eigenvalue weighted by atomic mass is 9.95. The van der Waals surface area contributed by atoms with Gasteiger partial charge in [0.05, 0.1) is 0 Å². The Bertz CT molecular complexity index is 792. The molecule has 1 unspecified atom stereocenters. The van der Waals surface area contributed by atoms with Crippen LogP contribution in [0.1, 0.15) is 24.0 Å². The Morgan fingerprint density at radius 3 is 2.67 bits per heavy atom. The summed E-state index contributed by atoms with van der Waals surface area (Å²) >= 11 is 3.43. The highest BCUT2D eigenvalue weighted by Crippen LogP contribution is 2.23. The van der Waals surface area contributed by atoms with Gasteiger partial charge in [0.2, 0.25) is 0 Å². The molecule has 0 radical (unpaired) electrons. The zero-order valence-electron chi connectivity index (χ0n) is 15.5. The standard InChI is InChI=1S/C22H26BrN3O/c23-20-7-9-21(10-8-20)24-22(27)26-12-3-4-17(15-26)14-25-13-11-18-5-1-2-6-19(18)16-25/h1-2,5-10,17H,3-4,11-16H2,(H,24,27). The van der Waals surface area contributed by atoms with Crippen LogP contribution in [-0.4, -0.2) is 42.0 Å². The van der Waals surface area contributed by atoms with E-state index in [9.17, 15) is 4.79 Å². The molecule has 4 nitrogen and oxygen atoms in total. The van der Waals surface area contributed by atoms with Crippen LogP contribution in [0, 0.1) is 5.92 Å². The molecule has 2 aromatic carbocycles. The fourth-order valence-electron chi connectivity index (χ4n) is 4.21. The Kier molecular flexibility index (Phi) is 5.79. The number of likely N-dealkylation sites (tertiary alicyclic amines) is 1. The van der Waals surface area contributed by atoms with Crippen LogP contribution in [0.4, 0.5) is 10.5 Å².